The largest absolute Gasteiger partial charge is 0.361 e. The average Bonchev–Trinajstić information content (AvgIpc) is 3.33. The zero-order valence-electron chi connectivity index (χ0n) is 21.4. The number of fused-ring (bicyclic) bond motifs is 1. The van der Waals surface area contributed by atoms with Crippen LogP contribution in [0.15, 0.2) is 47.2 Å². The first-order valence-corrected chi connectivity index (χ1v) is 12.5. The van der Waals surface area contributed by atoms with E-state index in [2.05, 4.69) is 67.0 Å². The standard InChI is InChI=1S/C29H35FN4O/c1-18-26(19(2)35-33-18)22-14-25-27(32-15-22)24(21-6-8-23(9-7-21)28(3,4)5)17-34(25)16-20-10-12-29(30,31)13-11-20/h6-9,14-15,17,20H,10-13,16,31H2,1-5H3. The van der Waals surface area contributed by atoms with Crippen LogP contribution in [0.5, 0.6) is 0 Å². The highest BCUT2D eigenvalue weighted by Crippen LogP contribution is 2.37. The summed E-state index contributed by atoms with van der Waals surface area (Å²) in [6.45, 7) is 11.4. The second-order valence-corrected chi connectivity index (χ2v) is 11.3. The Hall–Kier alpha value is -2.99. The van der Waals surface area contributed by atoms with Gasteiger partial charge in [-0.1, -0.05) is 50.2 Å². The molecule has 1 aliphatic rings. The van der Waals surface area contributed by atoms with E-state index < -0.39 is 5.79 Å². The van der Waals surface area contributed by atoms with Crippen molar-refractivity contribution in [3.05, 3.63) is 59.7 Å². The van der Waals surface area contributed by atoms with Crippen LogP contribution in [0.4, 0.5) is 4.39 Å². The number of nitrogens with two attached hydrogens (primary N) is 1. The van der Waals surface area contributed by atoms with Crippen molar-refractivity contribution in [2.75, 3.05) is 0 Å². The fourth-order valence-corrected chi connectivity index (χ4v) is 5.33. The fourth-order valence-electron chi connectivity index (χ4n) is 5.33. The number of alkyl halides is 1. The van der Waals surface area contributed by atoms with Crippen LogP contribution < -0.4 is 5.73 Å². The molecule has 0 spiro atoms. The summed E-state index contributed by atoms with van der Waals surface area (Å²) in [5.41, 5.74) is 14.3. The summed E-state index contributed by atoms with van der Waals surface area (Å²) < 4.78 is 21.9. The molecule has 0 amide bonds. The summed E-state index contributed by atoms with van der Waals surface area (Å²) in [7, 11) is 0. The first-order chi connectivity index (χ1) is 16.5. The van der Waals surface area contributed by atoms with Gasteiger partial charge in [0.1, 0.15) is 5.76 Å². The molecule has 4 aromatic rings. The van der Waals surface area contributed by atoms with Crippen LogP contribution in [0.3, 0.4) is 0 Å². The summed E-state index contributed by atoms with van der Waals surface area (Å²) in [5, 5.41) is 4.13. The van der Waals surface area contributed by atoms with E-state index in [4.69, 9.17) is 15.2 Å². The van der Waals surface area contributed by atoms with Gasteiger partial charge in [0.05, 0.1) is 16.7 Å². The minimum Gasteiger partial charge on any atom is -0.361 e. The first kappa shape index (κ1) is 23.7. The summed E-state index contributed by atoms with van der Waals surface area (Å²) >= 11 is 0. The van der Waals surface area contributed by atoms with Gasteiger partial charge >= 0.3 is 0 Å². The molecule has 3 heterocycles. The van der Waals surface area contributed by atoms with Crippen molar-refractivity contribution >= 4 is 11.0 Å². The molecule has 2 N–H and O–H groups in total. The number of hydrogen-bond donors (Lipinski definition) is 1. The van der Waals surface area contributed by atoms with Gasteiger partial charge in [-0.2, -0.15) is 0 Å². The molecule has 0 aliphatic heterocycles. The number of aryl methyl sites for hydroxylation is 2. The molecule has 0 radical (unpaired) electrons. The minimum atomic E-state index is -1.52. The van der Waals surface area contributed by atoms with Gasteiger partial charge in [-0.05, 0) is 68.1 Å². The number of aromatic nitrogens is 3. The zero-order chi connectivity index (χ0) is 25.0. The smallest absolute Gasteiger partial charge is 0.159 e. The summed E-state index contributed by atoms with van der Waals surface area (Å²) in [6, 6.07) is 11.0. The molecule has 1 aliphatic carbocycles. The van der Waals surface area contributed by atoms with Gasteiger partial charge in [0.15, 0.2) is 5.79 Å². The summed E-state index contributed by atoms with van der Waals surface area (Å²) in [6.07, 6.45) is 6.54. The molecule has 5 nitrogen and oxygen atoms in total. The van der Waals surface area contributed by atoms with Crippen LogP contribution in [0, 0.1) is 19.8 Å². The Balaban J connectivity index is 1.58. The fraction of sp³-hybridized carbons (Fsp3) is 0.448. The lowest BCUT2D eigenvalue weighted by Gasteiger charge is -2.31. The lowest BCUT2D eigenvalue weighted by atomic mass is 9.85. The number of rotatable bonds is 4. The van der Waals surface area contributed by atoms with Crippen LogP contribution in [0.25, 0.3) is 33.3 Å². The number of halogens is 1. The van der Waals surface area contributed by atoms with Crippen molar-refractivity contribution in [2.24, 2.45) is 11.7 Å². The van der Waals surface area contributed by atoms with E-state index in [9.17, 15) is 4.39 Å². The molecule has 0 bridgehead atoms. The van der Waals surface area contributed by atoms with Gasteiger partial charge in [-0.3, -0.25) is 10.7 Å². The monoisotopic (exact) mass is 474 g/mol. The van der Waals surface area contributed by atoms with Gasteiger partial charge < -0.3 is 9.09 Å². The SMILES string of the molecule is Cc1noc(C)c1-c1cnc2c(-c3ccc(C(C)(C)C)cc3)cn(CC3CCC(N)(F)CC3)c2c1. The molecule has 1 aromatic carbocycles. The van der Waals surface area contributed by atoms with Crippen LogP contribution in [0.2, 0.25) is 0 Å². The van der Waals surface area contributed by atoms with Crippen molar-refractivity contribution in [1.29, 1.82) is 0 Å². The molecule has 0 atom stereocenters. The Kier molecular flexibility index (Phi) is 5.83. The average molecular weight is 475 g/mol. The maximum Gasteiger partial charge on any atom is 0.159 e. The third-order valence-electron chi connectivity index (χ3n) is 7.49. The summed E-state index contributed by atoms with van der Waals surface area (Å²) in [4.78, 5) is 4.93. The Morgan fingerprint density at radius 3 is 2.40 bits per heavy atom. The maximum atomic E-state index is 14.2. The molecule has 6 heteroatoms. The van der Waals surface area contributed by atoms with Crippen molar-refractivity contribution in [3.8, 4) is 22.3 Å². The van der Waals surface area contributed by atoms with Crippen LogP contribution in [-0.2, 0) is 12.0 Å². The third-order valence-corrected chi connectivity index (χ3v) is 7.49. The molecule has 0 saturated heterocycles. The van der Waals surface area contributed by atoms with E-state index in [1.807, 2.05) is 20.0 Å². The lowest BCUT2D eigenvalue weighted by Crippen LogP contribution is -2.39. The Morgan fingerprint density at radius 2 is 1.80 bits per heavy atom. The van der Waals surface area contributed by atoms with Crippen molar-refractivity contribution < 1.29 is 8.91 Å². The van der Waals surface area contributed by atoms with E-state index in [1.165, 1.54) is 5.56 Å². The third kappa shape index (κ3) is 4.64. The molecule has 35 heavy (non-hydrogen) atoms. The zero-order valence-corrected chi connectivity index (χ0v) is 21.4. The summed E-state index contributed by atoms with van der Waals surface area (Å²) in [5.74, 6) is -0.348. The van der Waals surface area contributed by atoms with Crippen molar-refractivity contribution in [1.82, 2.24) is 14.7 Å². The predicted octanol–water partition coefficient (Wildman–Crippen LogP) is 7.09. The molecule has 3 aromatic heterocycles. The van der Waals surface area contributed by atoms with Crippen LogP contribution in [0.1, 0.15) is 63.5 Å². The van der Waals surface area contributed by atoms with E-state index in [0.29, 0.717) is 18.8 Å². The molecular weight excluding hydrogens is 439 g/mol. The van der Waals surface area contributed by atoms with E-state index in [0.717, 1.165) is 64.1 Å². The van der Waals surface area contributed by atoms with E-state index in [1.54, 1.807) is 0 Å². The second-order valence-electron chi connectivity index (χ2n) is 11.3. The normalized spacial score (nSPS) is 21.1. The minimum absolute atomic E-state index is 0.101. The second kappa shape index (κ2) is 8.59. The first-order valence-electron chi connectivity index (χ1n) is 12.5. The number of nitrogens with zero attached hydrogens (tertiary/aromatic N) is 3. The van der Waals surface area contributed by atoms with Crippen LogP contribution >= 0.6 is 0 Å². The highest BCUT2D eigenvalue weighted by Gasteiger charge is 2.31. The van der Waals surface area contributed by atoms with Gasteiger partial charge in [0.25, 0.3) is 0 Å². The number of benzene rings is 1. The molecule has 5 rings (SSSR count). The van der Waals surface area contributed by atoms with E-state index >= 15 is 0 Å². The highest BCUT2D eigenvalue weighted by atomic mass is 19.1. The quantitative estimate of drug-likeness (QED) is 0.321. The van der Waals surface area contributed by atoms with E-state index in [-0.39, 0.29) is 5.41 Å². The topological polar surface area (TPSA) is 69.9 Å². The maximum absolute atomic E-state index is 14.2. The Morgan fingerprint density at radius 1 is 1.11 bits per heavy atom. The molecule has 1 fully saturated rings. The van der Waals surface area contributed by atoms with Crippen molar-refractivity contribution in [3.63, 3.8) is 0 Å². The lowest BCUT2D eigenvalue weighted by molar-refractivity contribution is 0.0862. The molecule has 184 valence electrons. The van der Waals surface area contributed by atoms with Gasteiger partial charge in [0.2, 0.25) is 0 Å². The predicted molar refractivity (Wildman–Crippen MR) is 139 cm³/mol. The number of hydrogen-bond acceptors (Lipinski definition) is 4. The number of pyridine rings is 1. The van der Waals surface area contributed by atoms with Gasteiger partial charge in [-0.25, -0.2) is 4.39 Å². The van der Waals surface area contributed by atoms with Gasteiger partial charge in [0, 0.05) is 35.6 Å². The highest BCUT2D eigenvalue weighted by molar-refractivity contribution is 5.95. The molecule has 1 saturated carbocycles. The Labute approximate surface area is 206 Å². The molecule has 0 unspecified atom stereocenters. The van der Waals surface area contributed by atoms with Crippen molar-refractivity contribution in [2.45, 2.75) is 78.1 Å². The Bertz CT molecular complexity index is 1330. The van der Waals surface area contributed by atoms with Crippen LogP contribution in [-0.4, -0.2) is 20.5 Å². The van der Waals surface area contributed by atoms with Gasteiger partial charge in [-0.15, -0.1) is 0 Å². The molecular formula is C29H35FN4O.